The first-order valence-corrected chi connectivity index (χ1v) is 11.4. The number of benzene rings is 3. The van der Waals surface area contributed by atoms with Gasteiger partial charge >= 0.3 is 0 Å². The van der Waals surface area contributed by atoms with Gasteiger partial charge in [-0.05, 0) is 48.4 Å². The topological polar surface area (TPSA) is 62.3 Å². The highest BCUT2D eigenvalue weighted by atomic mass is 35.5. The third-order valence-corrected chi connectivity index (χ3v) is 6.38. The molecule has 2 amide bonds. The lowest BCUT2D eigenvalue weighted by Crippen LogP contribution is -2.33. The SMILES string of the molecule is CC(=O)NC(CC(=O)N(c1nc2ccccc2s1)c1ccccc1C)c1ccc(Cl)cc1. The van der Waals surface area contributed by atoms with Crippen LogP contribution in [-0.4, -0.2) is 16.8 Å². The van der Waals surface area contributed by atoms with Crippen LogP contribution in [0, 0.1) is 6.92 Å². The van der Waals surface area contributed by atoms with Crippen LogP contribution in [0.3, 0.4) is 0 Å². The van der Waals surface area contributed by atoms with Crippen molar-refractivity contribution in [3.63, 3.8) is 0 Å². The van der Waals surface area contributed by atoms with Crippen molar-refractivity contribution in [2.75, 3.05) is 4.90 Å². The fourth-order valence-corrected chi connectivity index (χ4v) is 4.70. The van der Waals surface area contributed by atoms with Crippen LogP contribution in [0.5, 0.6) is 0 Å². The quantitative estimate of drug-likeness (QED) is 0.370. The van der Waals surface area contributed by atoms with Gasteiger partial charge in [-0.2, -0.15) is 0 Å². The number of halogens is 1. The summed E-state index contributed by atoms with van der Waals surface area (Å²) in [5, 5.41) is 4.09. The second-order valence-corrected chi connectivity index (χ2v) is 8.93. The molecule has 0 bridgehead atoms. The average Bonchev–Trinajstić information content (AvgIpc) is 3.18. The molecule has 32 heavy (non-hydrogen) atoms. The zero-order valence-electron chi connectivity index (χ0n) is 17.7. The number of fused-ring (bicyclic) bond motifs is 1. The molecule has 0 aliphatic rings. The summed E-state index contributed by atoms with van der Waals surface area (Å²) < 4.78 is 1.00. The molecule has 162 valence electrons. The van der Waals surface area contributed by atoms with Crippen LogP contribution in [0.2, 0.25) is 5.02 Å². The van der Waals surface area contributed by atoms with Crippen LogP contribution >= 0.6 is 22.9 Å². The maximum Gasteiger partial charge on any atom is 0.235 e. The molecule has 0 aliphatic heterocycles. The highest BCUT2D eigenvalue weighted by molar-refractivity contribution is 7.22. The van der Waals surface area contributed by atoms with Crippen molar-refractivity contribution < 1.29 is 9.59 Å². The van der Waals surface area contributed by atoms with E-state index in [1.807, 2.05) is 67.6 Å². The third kappa shape index (κ3) is 4.82. The molecule has 0 saturated carbocycles. The van der Waals surface area contributed by atoms with Gasteiger partial charge in [-0.3, -0.25) is 14.5 Å². The molecule has 4 aromatic rings. The molecule has 1 heterocycles. The predicted octanol–water partition coefficient (Wildman–Crippen LogP) is 6.19. The average molecular weight is 464 g/mol. The summed E-state index contributed by atoms with van der Waals surface area (Å²) in [5.74, 6) is -0.368. The third-order valence-electron chi connectivity index (χ3n) is 5.11. The summed E-state index contributed by atoms with van der Waals surface area (Å²) in [4.78, 5) is 32.0. The van der Waals surface area contributed by atoms with Crippen LogP contribution < -0.4 is 10.2 Å². The molecule has 5 nitrogen and oxygen atoms in total. The van der Waals surface area contributed by atoms with Gasteiger partial charge < -0.3 is 5.32 Å². The standard InChI is InChI=1S/C25H22ClN3O2S/c1-16-7-3-5-9-22(16)29(25-28-20-8-4-6-10-23(20)32-25)24(31)15-21(27-17(2)30)18-11-13-19(26)14-12-18/h3-14,21H,15H2,1-2H3,(H,27,30). The zero-order chi connectivity index (χ0) is 22.7. The lowest BCUT2D eigenvalue weighted by atomic mass is 10.0. The Hall–Kier alpha value is -3.22. The normalized spacial score (nSPS) is 11.8. The van der Waals surface area contributed by atoms with E-state index in [1.54, 1.807) is 17.0 Å². The molecule has 1 unspecified atom stereocenters. The number of hydrogen-bond donors (Lipinski definition) is 1. The highest BCUT2D eigenvalue weighted by Gasteiger charge is 2.27. The number of amides is 2. The van der Waals surface area contributed by atoms with Crippen molar-refractivity contribution in [3.05, 3.63) is 88.9 Å². The smallest absolute Gasteiger partial charge is 0.235 e. The largest absolute Gasteiger partial charge is 0.349 e. The number of rotatable bonds is 6. The first-order valence-electron chi connectivity index (χ1n) is 10.2. The minimum absolute atomic E-state index is 0.0749. The first kappa shape index (κ1) is 22.0. The van der Waals surface area contributed by atoms with E-state index >= 15 is 0 Å². The monoisotopic (exact) mass is 463 g/mol. The number of hydrogen-bond acceptors (Lipinski definition) is 4. The molecule has 0 spiro atoms. The van der Waals surface area contributed by atoms with Crippen LogP contribution in [0.15, 0.2) is 72.8 Å². The van der Waals surface area contributed by atoms with Crippen molar-refractivity contribution in [2.45, 2.75) is 26.3 Å². The van der Waals surface area contributed by atoms with E-state index < -0.39 is 6.04 Å². The maximum absolute atomic E-state index is 13.7. The number of anilines is 2. The second-order valence-electron chi connectivity index (χ2n) is 7.49. The fourth-order valence-electron chi connectivity index (χ4n) is 3.57. The molecule has 0 radical (unpaired) electrons. The number of thiazole rings is 1. The van der Waals surface area contributed by atoms with Crippen LogP contribution in [0.4, 0.5) is 10.8 Å². The summed E-state index contributed by atoms with van der Waals surface area (Å²) >= 11 is 7.49. The number of carbonyl (C=O) groups is 2. The Morgan fingerprint density at radius 1 is 1.03 bits per heavy atom. The van der Waals surface area contributed by atoms with Gasteiger partial charge in [0, 0.05) is 11.9 Å². The van der Waals surface area contributed by atoms with Gasteiger partial charge in [0.25, 0.3) is 0 Å². The van der Waals surface area contributed by atoms with E-state index in [0.29, 0.717) is 10.2 Å². The molecule has 3 aromatic carbocycles. The number of nitrogens with zero attached hydrogens (tertiary/aromatic N) is 2. The molecule has 1 N–H and O–H groups in total. The van der Waals surface area contributed by atoms with Gasteiger partial charge in [0.05, 0.1) is 28.4 Å². The number of aryl methyl sites for hydroxylation is 1. The first-order chi connectivity index (χ1) is 15.4. The summed E-state index contributed by atoms with van der Waals surface area (Å²) in [5.41, 5.74) is 3.39. The second kappa shape index (κ2) is 9.51. The van der Waals surface area contributed by atoms with E-state index in [2.05, 4.69) is 5.32 Å². The Balaban J connectivity index is 1.74. The minimum Gasteiger partial charge on any atom is -0.349 e. The Morgan fingerprint density at radius 2 is 1.72 bits per heavy atom. The van der Waals surface area contributed by atoms with E-state index in [1.165, 1.54) is 18.3 Å². The molecule has 1 atom stereocenters. The minimum atomic E-state index is -0.488. The zero-order valence-corrected chi connectivity index (χ0v) is 19.3. The molecule has 1 aromatic heterocycles. The van der Waals surface area contributed by atoms with Crippen LogP contribution in [-0.2, 0) is 9.59 Å². The molecule has 0 aliphatic carbocycles. The van der Waals surface area contributed by atoms with Gasteiger partial charge in [0.15, 0.2) is 5.13 Å². The summed E-state index contributed by atoms with van der Waals surface area (Å²) in [6, 6.07) is 22.2. The molecular weight excluding hydrogens is 442 g/mol. The van der Waals surface area contributed by atoms with E-state index in [9.17, 15) is 9.59 Å². The molecule has 7 heteroatoms. The van der Waals surface area contributed by atoms with Gasteiger partial charge in [-0.15, -0.1) is 0 Å². The lowest BCUT2D eigenvalue weighted by Gasteiger charge is -2.25. The lowest BCUT2D eigenvalue weighted by molar-refractivity contribution is -0.121. The Morgan fingerprint density at radius 3 is 2.41 bits per heavy atom. The van der Waals surface area contributed by atoms with Crippen LogP contribution in [0.1, 0.15) is 30.5 Å². The highest BCUT2D eigenvalue weighted by Crippen LogP contribution is 2.36. The maximum atomic E-state index is 13.7. The molecule has 4 rings (SSSR count). The van der Waals surface area contributed by atoms with E-state index in [0.717, 1.165) is 27.0 Å². The van der Waals surface area contributed by atoms with Gasteiger partial charge in [-0.25, -0.2) is 4.98 Å². The van der Waals surface area contributed by atoms with Crippen LogP contribution in [0.25, 0.3) is 10.2 Å². The van der Waals surface area contributed by atoms with E-state index in [4.69, 9.17) is 16.6 Å². The van der Waals surface area contributed by atoms with Crippen molar-refractivity contribution in [2.24, 2.45) is 0 Å². The number of para-hydroxylation sites is 2. The summed E-state index contributed by atoms with van der Waals surface area (Å²) in [6.07, 6.45) is 0.0749. The van der Waals surface area contributed by atoms with Crippen molar-refractivity contribution in [1.29, 1.82) is 0 Å². The van der Waals surface area contributed by atoms with Gasteiger partial charge in [-0.1, -0.05) is 65.4 Å². The summed E-state index contributed by atoms with van der Waals surface area (Å²) in [6.45, 7) is 3.41. The molecular formula is C25H22ClN3O2S. The van der Waals surface area contributed by atoms with Gasteiger partial charge in [0.1, 0.15) is 0 Å². The van der Waals surface area contributed by atoms with Crippen molar-refractivity contribution >= 4 is 55.8 Å². The Labute approximate surface area is 195 Å². The Bertz CT molecular complexity index is 1240. The fraction of sp³-hybridized carbons (Fsp3) is 0.160. The van der Waals surface area contributed by atoms with Crippen molar-refractivity contribution in [3.8, 4) is 0 Å². The predicted molar refractivity (Wildman–Crippen MR) is 131 cm³/mol. The Kier molecular flexibility index (Phi) is 6.53. The molecule has 0 saturated heterocycles. The number of carbonyl (C=O) groups excluding carboxylic acids is 2. The number of nitrogens with one attached hydrogen (secondary N) is 1. The molecule has 0 fully saturated rings. The number of aromatic nitrogens is 1. The van der Waals surface area contributed by atoms with Crippen molar-refractivity contribution in [1.82, 2.24) is 10.3 Å². The van der Waals surface area contributed by atoms with Gasteiger partial charge in [0.2, 0.25) is 11.8 Å². The van der Waals surface area contributed by atoms with E-state index in [-0.39, 0.29) is 18.2 Å². The summed E-state index contributed by atoms with van der Waals surface area (Å²) in [7, 11) is 0.